The lowest BCUT2D eigenvalue weighted by Gasteiger charge is -2.33. The molecule has 0 saturated carbocycles. The summed E-state index contributed by atoms with van der Waals surface area (Å²) in [5.74, 6) is -5.77. The number of alkyl halides is 4. The lowest BCUT2D eigenvalue weighted by molar-refractivity contribution is -0.194. The second kappa shape index (κ2) is 5.32. The topological polar surface area (TPSA) is 61.8 Å². The van der Waals surface area contributed by atoms with Crippen molar-refractivity contribution in [2.75, 3.05) is 14.2 Å². The number of ether oxygens (including phenoxy) is 3. The molecule has 5 nitrogen and oxygen atoms in total. The summed E-state index contributed by atoms with van der Waals surface area (Å²) in [4.78, 5) is 23.5. The molecule has 114 valence electrons. The number of carbonyl (C=O) groups excluding carboxylic acids is 2. The van der Waals surface area contributed by atoms with Gasteiger partial charge in [-0.3, -0.25) is 9.59 Å². The Hall–Kier alpha value is -0.580. The highest BCUT2D eigenvalue weighted by Crippen LogP contribution is 2.55. The Morgan fingerprint density at radius 2 is 1.50 bits per heavy atom. The van der Waals surface area contributed by atoms with Crippen molar-refractivity contribution in [1.82, 2.24) is 0 Å². The first-order chi connectivity index (χ1) is 9.23. The van der Waals surface area contributed by atoms with E-state index in [1.54, 1.807) is 22.6 Å². The van der Waals surface area contributed by atoms with Crippen LogP contribution in [0, 0.1) is 17.8 Å². The average molecular weight is 408 g/mol. The Kier molecular flexibility index (Phi) is 4.20. The summed E-state index contributed by atoms with van der Waals surface area (Å²) < 4.78 is 52.6. The Morgan fingerprint density at radius 3 is 1.90 bits per heavy atom. The van der Waals surface area contributed by atoms with Gasteiger partial charge in [-0.1, -0.05) is 22.6 Å². The first-order valence-corrected chi connectivity index (χ1v) is 7.00. The van der Waals surface area contributed by atoms with E-state index in [4.69, 9.17) is 4.74 Å². The predicted molar refractivity (Wildman–Crippen MR) is 67.0 cm³/mol. The molecule has 2 heterocycles. The molecule has 20 heavy (non-hydrogen) atoms. The van der Waals surface area contributed by atoms with Gasteiger partial charge in [-0.25, -0.2) is 0 Å². The number of rotatable bonds is 2. The fraction of sp³-hybridized carbons (Fsp3) is 0.818. The fourth-order valence-corrected chi connectivity index (χ4v) is 4.36. The molecule has 0 radical (unpaired) electrons. The van der Waals surface area contributed by atoms with Gasteiger partial charge in [-0.05, 0) is 0 Å². The number of halogens is 4. The van der Waals surface area contributed by atoms with Crippen LogP contribution in [0.1, 0.15) is 0 Å². The lowest BCUT2D eigenvalue weighted by atomic mass is 9.73. The van der Waals surface area contributed by atoms with E-state index in [1.807, 2.05) is 0 Å². The lowest BCUT2D eigenvalue weighted by Crippen LogP contribution is -2.51. The summed E-state index contributed by atoms with van der Waals surface area (Å²) in [6, 6.07) is 0. The van der Waals surface area contributed by atoms with Crippen molar-refractivity contribution < 1.29 is 37.0 Å². The zero-order chi connectivity index (χ0) is 15.2. The average Bonchev–Trinajstić information content (AvgIpc) is 2.90. The predicted octanol–water partition coefficient (Wildman–Crippen LogP) is 1.33. The van der Waals surface area contributed by atoms with Crippen molar-refractivity contribution in [3.8, 4) is 0 Å². The number of fused-ring (bicyclic) bond motifs is 2. The highest BCUT2D eigenvalue weighted by Gasteiger charge is 2.70. The van der Waals surface area contributed by atoms with Gasteiger partial charge in [0.25, 0.3) is 0 Å². The number of hydrogen-bond acceptors (Lipinski definition) is 5. The highest BCUT2D eigenvalue weighted by atomic mass is 127. The van der Waals surface area contributed by atoms with E-state index in [0.717, 1.165) is 14.2 Å². The minimum atomic E-state index is -4.50. The Bertz CT molecular complexity index is 427. The zero-order valence-electron chi connectivity index (χ0n) is 10.5. The van der Waals surface area contributed by atoms with Crippen LogP contribution in [-0.2, 0) is 23.8 Å². The second-order valence-electron chi connectivity index (χ2n) is 4.68. The smallest absolute Gasteiger partial charge is 0.395 e. The van der Waals surface area contributed by atoms with Crippen molar-refractivity contribution in [2.24, 2.45) is 17.8 Å². The van der Waals surface area contributed by atoms with Crippen LogP contribution in [-0.4, -0.2) is 48.5 Å². The van der Waals surface area contributed by atoms with E-state index in [-0.39, 0.29) is 0 Å². The van der Waals surface area contributed by atoms with Gasteiger partial charge in [0.1, 0.15) is 0 Å². The summed E-state index contributed by atoms with van der Waals surface area (Å²) >= 11 is 1.62. The third-order valence-electron chi connectivity index (χ3n) is 3.74. The molecule has 2 fully saturated rings. The largest absolute Gasteiger partial charge is 0.469 e. The maximum atomic E-state index is 13.1. The first-order valence-electron chi connectivity index (χ1n) is 5.76. The molecule has 0 aromatic carbocycles. The van der Waals surface area contributed by atoms with Crippen LogP contribution in [0.4, 0.5) is 13.2 Å². The molecule has 0 aliphatic carbocycles. The van der Waals surface area contributed by atoms with Gasteiger partial charge >= 0.3 is 18.1 Å². The van der Waals surface area contributed by atoms with Crippen LogP contribution in [0.3, 0.4) is 0 Å². The molecule has 0 spiro atoms. The van der Waals surface area contributed by atoms with E-state index < -0.39 is 52.0 Å². The molecule has 0 unspecified atom stereocenters. The molecular weight excluding hydrogens is 396 g/mol. The van der Waals surface area contributed by atoms with Gasteiger partial charge in [-0.2, -0.15) is 13.2 Å². The SMILES string of the molecule is COC(=O)[C@H]1[C@H]2O[C@@H]([C@@H]1C(=O)OC)[C@H](C(F)(F)F)[C@H]2I. The first kappa shape index (κ1) is 15.8. The van der Waals surface area contributed by atoms with Gasteiger partial charge in [0.15, 0.2) is 0 Å². The zero-order valence-corrected chi connectivity index (χ0v) is 12.7. The molecular formula is C11H12F3IO5. The summed E-state index contributed by atoms with van der Waals surface area (Å²) in [6.07, 6.45) is -6.90. The summed E-state index contributed by atoms with van der Waals surface area (Å²) in [7, 11) is 2.18. The molecule has 6 atom stereocenters. The second-order valence-corrected chi connectivity index (χ2v) is 6.11. The quantitative estimate of drug-likeness (QED) is 0.392. The van der Waals surface area contributed by atoms with Crippen molar-refractivity contribution >= 4 is 34.5 Å². The summed E-state index contributed by atoms with van der Waals surface area (Å²) in [5.41, 5.74) is 0. The molecule has 0 aromatic rings. The third-order valence-corrected chi connectivity index (χ3v) is 5.23. The van der Waals surface area contributed by atoms with Gasteiger partial charge < -0.3 is 14.2 Å². The van der Waals surface area contributed by atoms with E-state index in [2.05, 4.69) is 9.47 Å². The van der Waals surface area contributed by atoms with Gasteiger partial charge in [0, 0.05) is 0 Å². The fourth-order valence-electron chi connectivity index (χ4n) is 2.93. The maximum absolute atomic E-state index is 13.1. The molecule has 2 aliphatic heterocycles. The number of carbonyl (C=O) groups is 2. The van der Waals surface area contributed by atoms with Gasteiger partial charge in [-0.15, -0.1) is 0 Å². The molecule has 0 N–H and O–H groups in total. The van der Waals surface area contributed by atoms with E-state index >= 15 is 0 Å². The van der Waals surface area contributed by atoms with Crippen molar-refractivity contribution in [2.45, 2.75) is 22.3 Å². The number of methoxy groups -OCH3 is 2. The van der Waals surface area contributed by atoms with Crippen LogP contribution in [0.5, 0.6) is 0 Å². The normalized spacial score (nSPS) is 39.7. The molecule has 2 saturated heterocycles. The molecule has 9 heteroatoms. The maximum Gasteiger partial charge on any atom is 0.395 e. The van der Waals surface area contributed by atoms with E-state index in [9.17, 15) is 22.8 Å². The Balaban J connectivity index is 2.37. The van der Waals surface area contributed by atoms with Crippen LogP contribution >= 0.6 is 22.6 Å². The minimum Gasteiger partial charge on any atom is -0.469 e. The summed E-state index contributed by atoms with van der Waals surface area (Å²) in [5, 5.41) is 0. The summed E-state index contributed by atoms with van der Waals surface area (Å²) in [6.45, 7) is 0. The molecule has 0 amide bonds. The third kappa shape index (κ3) is 2.28. The van der Waals surface area contributed by atoms with E-state index in [1.165, 1.54) is 0 Å². The Morgan fingerprint density at radius 1 is 1.05 bits per heavy atom. The Labute approximate surface area is 126 Å². The van der Waals surface area contributed by atoms with Crippen LogP contribution < -0.4 is 0 Å². The molecule has 2 aliphatic rings. The van der Waals surface area contributed by atoms with Crippen molar-refractivity contribution in [3.63, 3.8) is 0 Å². The molecule has 2 rings (SSSR count). The van der Waals surface area contributed by atoms with Gasteiger partial charge in [0.05, 0.1) is 48.1 Å². The van der Waals surface area contributed by atoms with Gasteiger partial charge in [0.2, 0.25) is 0 Å². The minimum absolute atomic E-state index is 0.754. The van der Waals surface area contributed by atoms with Crippen molar-refractivity contribution in [3.05, 3.63) is 0 Å². The van der Waals surface area contributed by atoms with Crippen LogP contribution in [0.25, 0.3) is 0 Å². The number of esters is 2. The van der Waals surface area contributed by atoms with Crippen molar-refractivity contribution in [1.29, 1.82) is 0 Å². The molecule has 2 bridgehead atoms. The monoisotopic (exact) mass is 408 g/mol. The molecule has 0 aromatic heterocycles. The standard InChI is InChI=1S/C11H12F3IO5/c1-18-9(16)3-4(10(17)19-2)8-6(15)5(7(3)20-8)11(12,13)14/h3-8H,1-2H3/t3-,4-,5-,6-,7+,8-/m1/s1. The number of hydrogen-bond donors (Lipinski definition) is 0. The van der Waals surface area contributed by atoms with E-state index in [0.29, 0.717) is 0 Å². The van der Waals surface area contributed by atoms with Crippen LogP contribution in [0.2, 0.25) is 0 Å². The highest BCUT2D eigenvalue weighted by molar-refractivity contribution is 14.1. The van der Waals surface area contributed by atoms with Crippen LogP contribution in [0.15, 0.2) is 0 Å².